The number of anilines is 1. The van der Waals surface area contributed by atoms with Crippen LogP contribution in [0.5, 0.6) is 17.2 Å². The third-order valence-electron chi connectivity index (χ3n) is 8.71. The fourth-order valence-corrected chi connectivity index (χ4v) is 7.46. The first-order valence-corrected chi connectivity index (χ1v) is 16.8. The molecule has 0 aliphatic carbocycles. The summed E-state index contributed by atoms with van der Waals surface area (Å²) < 4.78 is 87.7. The van der Waals surface area contributed by atoms with Crippen LogP contribution in [0.25, 0.3) is 5.57 Å². The van der Waals surface area contributed by atoms with Crippen LogP contribution in [0.1, 0.15) is 56.9 Å². The van der Waals surface area contributed by atoms with Gasteiger partial charge in [-0.25, -0.2) is 9.57 Å². The summed E-state index contributed by atoms with van der Waals surface area (Å²) in [6.45, 7) is 8.86. The Hall–Kier alpha value is -4.23. The number of nitrogens with zero attached hydrogens (tertiary/aromatic N) is 3. The van der Waals surface area contributed by atoms with Crippen LogP contribution in [-0.4, -0.2) is 52.0 Å². The molecule has 1 unspecified atom stereocenters. The Morgan fingerprint density at radius 3 is 2.51 bits per heavy atom. The van der Waals surface area contributed by atoms with Gasteiger partial charge in [0.25, 0.3) is 10.1 Å². The number of carbonyl (C=O) groups is 1. The third-order valence-corrected chi connectivity index (χ3v) is 9.86. The largest absolute Gasteiger partial charge is 0.452 e. The summed E-state index contributed by atoms with van der Waals surface area (Å²) >= 11 is 0. The molecule has 0 saturated carbocycles. The van der Waals surface area contributed by atoms with Crippen LogP contribution in [0.4, 0.5) is 24.5 Å². The Balaban J connectivity index is 1.36. The molecular weight excluding hydrogens is 635 g/mol. The molecule has 0 fully saturated rings. The summed E-state index contributed by atoms with van der Waals surface area (Å²) in [5.41, 5.74) is 1.92. The highest BCUT2D eigenvalue weighted by Gasteiger charge is 2.45. The zero-order chi connectivity index (χ0) is 33.9. The minimum Gasteiger partial charge on any atom is -0.452 e. The second kappa shape index (κ2) is 11.8. The molecule has 1 atom stereocenters. The number of hydrogen-bond donors (Lipinski definition) is 0. The van der Waals surface area contributed by atoms with Crippen molar-refractivity contribution < 1.29 is 40.0 Å². The maximum atomic E-state index is 14.2. The van der Waals surface area contributed by atoms with Crippen LogP contribution in [-0.2, 0) is 25.5 Å². The normalized spacial score (nSPS) is 17.2. The second-order valence-electron chi connectivity index (χ2n) is 12.4. The predicted molar refractivity (Wildman–Crippen MR) is 170 cm³/mol. The Bertz CT molecular complexity index is 2040. The van der Waals surface area contributed by atoms with Gasteiger partial charge in [0.2, 0.25) is 5.36 Å². The van der Waals surface area contributed by atoms with Crippen molar-refractivity contribution in [1.82, 2.24) is 4.58 Å². The molecule has 3 aliphatic heterocycles. The summed E-state index contributed by atoms with van der Waals surface area (Å²) in [6, 6.07) is 11.9. The van der Waals surface area contributed by atoms with Crippen LogP contribution >= 0.6 is 0 Å². The smallest absolute Gasteiger partial charge is 0.420 e. The number of carbonyl (C=O) groups excluding carboxylic acids is 1. The highest BCUT2D eigenvalue weighted by atomic mass is 32.2. The zero-order valence-corrected chi connectivity index (χ0v) is 27.5. The number of fused-ring (bicyclic) bond motifs is 4. The van der Waals surface area contributed by atoms with E-state index >= 15 is 0 Å². The molecule has 47 heavy (non-hydrogen) atoms. The lowest BCUT2D eigenvalue weighted by atomic mass is 9.89. The molecule has 0 N–H and O–H groups in total. The van der Waals surface area contributed by atoms with Gasteiger partial charge in [-0.05, 0) is 62.6 Å². The first kappa shape index (κ1) is 32.7. The molecule has 9 nitrogen and oxygen atoms in total. The predicted octanol–water partition coefficient (Wildman–Crippen LogP) is 5.39. The SMILES string of the molecule is CC[N+]1=c2cc3c(cc2CCC1)=Nc1cc2c(cc1O3)N(C)C(C)(C)C=C2CS(=O)(=O)OC(c1ccc(OC(C)=O)cc1)C(F)(F)F. The Morgan fingerprint density at radius 1 is 1.13 bits per heavy atom. The molecule has 3 aliphatic rings. The van der Waals surface area contributed by atoms with Gasteiger partial charge in [-0.2, -0.15) is 21.6 Å². The van der Waals surface area contributed by atoms with Gasteiger partial charge in [0.1, 0.15) is 35.6 Å². The highest BCUT2D eigenvalue weighted by molar-refractivity contribution is 7.87. The first-order valence-electron chi connectivity index (χ1n) is 15.3. The Labute approximate surface area is 270 Å². The Morgan fingerprint density at radius 2 is 1.85 bits per heavy atom. The average molecular weight is 671 g/mol. The van der Waals surface area contributed by atoms with Crippen LogP contribution in [0.15, 0.2) is 59.6 Å². The van der Waals surface area contributed by atoms with Crippen molar-refractivity contribution >= 4 is 33.0 Å². The van der Waals surface area contributed by atoms with Crippen LogP contribution in [0.2, 0.25) is 0 Å². The van der Waals surface area contributed by atoms with Gasteiger partial charge in [0.05, 0.1) is 11.6 Å². The first-order chi connectivity index (χ1) is 22.0. The lowest BCUT2D eigenvalue weighted by Gasteiger charge is -2.41. The van der Waals surface area contributed by atoms with E-state index < -0.39 is 45.2 Å². The number of ether oxygens (including phenoxy) is 2. The standard InChI is InChI=1S/C34H35F3N3O6S/c1-6-40-13-7-8-22-14-26-30(16-28(22)40)45-31-17-29-25(15-27(31)38-26)23(18-33(3,4)39(29)5)19-47(42,43)46-32(34(35,36)37)21-9-11-24(12-10-21)44-20(2)41/h9-12,14-18,32H,6-8,13,19H2,1-5H3/q+1. The van der Waals surface area contributed by atoms with Crippen LogP contribution in [0, 0.1) is 0 Å². The fourth-order valence-electron chi connectivity index (χ4n) is 6.26. The van der Waals surface area contributed by atoms with E-state index in [9.17, 15) is 26.4 Å². The summed E-state index contributed by atoms with van der Waals surface area (Å²) in [5, 5.41) is 1.79. The van der Waals surface area contributed by atoms with Crippen molar-refractivity contribution in [2.24, 2.45) is 4.99 Å². The van der Waals surface area contributed by atoms with Gasteiger partial charge in [0.15, 0.2) is 17.6 Å². The summed E-state index contributed by atoms with van der Waals surface area (Å²) in [7, 11) is -2.94. The van der Waals surface area contributed by atoms with Crippen molar-refractivity contribution in [1.29, 1.82) is 0 Å². The molecule has 248 valence electrons. The molecule has 0 amide bonds. The van der Waals surface area contributed by atoms with Gasteiger partial charge in [-0.1, -0.05) is 18.2 Å². The van der Waals surface area contributed by atoms with E-state index in [1.807, 2.05) is 37.9 Å². The maximum absolute atomic E-state index is 14.2. The number of rotatable bonds is 7. The molecule has 0 spiro atoms. The number of likely N-dealkylation sites (N-methyl/N-ethyl adjacent to an activating group) is 1. The number of aryl methyl sites for hydroxylation is 1. The van der Waals surface area contributed by atoms with Gasteiger partial charge < -0.3 is 14.4 Å². The minimum atomic E-state index is -5.05. The number of benzene rings is 3. The number of esters is 1. The Kier molecular flexibility index (Phi) is 8.20. The van der Waals surface area contributed by atoms with Crippen molar-refractivity contribution in [3.05, 3.63) is 82.0 Å². The van der Waals surface area contributed by atoms with Crippen LogP contribution < -0.4 is 29.7 Å². The molecule has 3 aromatic carbocycles. The summed E-state index contributed by atoms with van der Waals surface area (Å²) in [5.74, 6) is -0.326. The zero-order valence-electron chi connectivity index (χ0n) is 26.6. The van der Waals surface area contributed by atoms with E-state index in [1.165, 1.54) is 5.56 Å². The van der Waals surface area contributed by atoms with Crippen molar-refractivity contribution in [2.75, 3.05) is 30.8 Å². The average Bonchev–Trinajstić information content (AvgIpc) is 2.99. The van der Waals surface area contributed by atoms with E-state index in [4.69, 9.17) is 18.6 Å². The van der Waals surface area contributed by atoms with Gasteiger partial charge >= 0.3 is 12.1 Å². The summed E-state index contributed by atoms with van der Waals surface area (Å²) in [4.78, 5) is 18.0. The van der Waals surface area contributed by atoms with Gasteiger partial charge in [-0.3, -0.25) is 8.98 Å². The topological polar surface area (TPSA) is 97.5 Å². The van der Waals surface area contributed by atoms with Gasteiger partial charge in [0, 0.05) is 43.3 Å². The van der Waals surface area contributed by atoms with Crippen molar-refractivity contribution in [3.63, 3.8) is 0 Å². The van der Waals surface area contributed by atoms with Crippen molar-refractivity contribution in [3.8, 4) is 17.2 Å². The third kappa shape index (κ3) is 6.51. The summed E-state index contributed by atoms with van der Waals surface area (Å²) in [6.07, 6.45) is -4.15. The minimum absolute atomic E-state index is 0.0171. The number of alkyl halides is 3. The van der Waals surface area contributed by atoms with E-state index in [0.29, 0.717) is 33.8 Å². The monoisotopic (exact) mass is 670 g/mol. The lowest BCUT2D eigenvalue weighted by Crippen LogP contribution is -2.42. The molecule has 3 heterocycles. The molecule has 13 heteroatoms. The maximum Gasteiger partial charge on any atom is 0.420 e. The van der Waals surface area contributed by atoms with E-state index in [-0.39, 0.29) is 11.3 Å². The highest BCUT2D eigenvalue weighted by Crippen LogP contribution is 2.47. The molecule has 0 bridgehead atoms. The van der Waals surface area contributed by atoms with Gasteiger partial charge in [-0.15, -0.1) is 0 Å². The molecule has 0 radical (unpaired) electrons. The molecule has 0 saturated heterocycles. The quantitative estimate of drug-likeness (QED) is 0.113. The van der Waals surface area contributed by atoms with E-state index in [0.717, 1.165) is 62.5 Å². The lowest BCUT2D eigenvalue weighted by molar-refractivity contribution is -0.196. The molecule has 3 aromatic rings. The number of halogens is 3. The molecule has 0 aromatic heterocycles. The second-order valence-corrected chi connectivity index (χ2v) is 14.0. The molecule has 6 rings (SSSR count). The van der Waals surface area contributed by atoms with Crippen LogP contribution in [0.3, 0.4) is 0 Å². The molecular formula is C34H35F3N3O6S+. The van der Waals surface area contributed by atoms with E-state index in [2.05, 4.69) is 11.5 Å². The number of hydrogen-bond acceptors (Lipinski definition) is 8. The van der Waals surface area contributed by atoms with E-state index in [1.54, 1.807) is 18.2 Å². The van der Waals surface area contributed by atoms with Crippen molar-refractivity contribution in [2.45, 2.75) is 58.4 Å². The fraction of sp³-hybridized carbons (Fsp3) is 0.382.